The van der Waals surface area contributed by atoms with Gasteiger partial charge >= 0.3 is 5.97 Å². The second kappa shape index (κ2) is 7.35. The SMILES string of the molecule is C=Cc1cc(-c2ccc(C(=O)OC(C)(C)C)cc2)ccc1OCC. The van der Waals surface area contributed by atoms with Crippen molar-refractivity contribution in [2.75, 3.05) is 6.61 Å². The highest BCUT2D eigenvalue weighted by Gasteiger charge is 2.17. The first-order valence-corrected chi connectivity index (χ1v) is 8.07. The highest BCUT2D eigenvalue weighted by Crippen LogP contribution is 2.28. The highest BCUT2D eigenvalue weighted by molar-refractivity contribution is 5.90. The number of hydrogen-bond acceptors (Lipinski definition) is 3. The molecule has 0 bridgehead atoms. The van der Waals surface area contributed by atoms with Crippen molar-refractivity contribution < 1.29 is 14.3 Å². The summed E-state index contributed by atoms with van der Waals surface area (Å²) in [6.45, 7) is 12.0. The van der Waals surface area contributed by atoms with Crippen molar-refractivity contribution in [3.8, 4) is 16.9 Å². The van der Waals surface area contributed by atoms with E-state index in [2.05, 4.69) is 6.58 Å². The number of esters is 1. The summed E-state index contributed by atoms with van der Waals surface area (Å²) in [6, 6.07) is 13.4. The van der Waals surface area contributed by atoms with E-state index < -0.39 is 5.60 Å². The Balaban J connectivity index is 2.25. The molecule has 0 aliphatic rings. The summed E-state index contributed by atoms with van der Waals surface area (Å²) in [5.41, 5.74) is 3.07. The first-order chi connectivity index (χ1) is 11.3. The topological polar surface area (TPSA) is 35.5 Å². The van der Waals surface area contributed by atoms with E-state index in [4.69, 9.17) is 9.47 Å². The Kier molecular flexibility index (Phi) is 5.45. The van der Waals surface area contributed by atoms with E-state index in [-0.39, 0.29) is 5.97 Å². The van der Waals surface area contributed by atoms with E-state index in [0.717, 1.165) is 22.4 Å². The van der Waals surface area contributed by atoms with E-state index >= 15 is 0 Å². The van der Waals surface area contributed by atoms with Gasteiger partial charge in [0.2, 0.25) is 0 Å². The minimum Gasteiger partial charge on any atom is -0.493 e. The maximum absolute atomic E-state index is 12.1. The summed E-state index contributed by atoms with van der Waals surface area (Å²) in [6.07, 6.45) is 1.78. The van der Waals surface area contributed by atoms with E-state index in [0.29, 0.717) is 12.2 Å². The molecule has 126 valence electrons. The van der Waals surface area contributed by atoms with Crippen molar-refractivity contribution >= 4 is 12.0 Å². The van der Waals surface area contributed by atoms with Crippen molar-refractivity contribution in [1.82, 2.24) is 0 Å². The third-order valence-corrected chi connectivity index (χ3v) is 3.38. The summed E-state index contributed by atoms with van der Waals surface area (Å²) in [5.74, 6) is 0.508. The van der Waals surface area contributed by atoms with Gasteiger partial charge < -0.3 is 9.47 Å². The molecule has 0 saturated carbocycles. The second-order valence-electron chi connectivity index (χ2n) is 6.47. The van der Waals surface area contributed by atoms with Crippen molar-refractivity contribution in [2.24, 2.45) is 0 Å². The Hall–Kier alpha value is -2.55. The number of hydrogen-bond donors (Lipinski definition) is 0. The average Bonchev–Trinajstić information content (AvgIpc) is 2.54. The van der Waals surface area contributed by atoms with Gasteiger partial charge in [0.1, 0.15) is 11.4 Å². The van der Waals surface area contributed by atoms with Crippen LogP contribution in [0.2, 0.25) is 0 Å². The zero-order chi connectivity index (χ0) is 17.7. The van der Waals surface area contributed by atoms with Crippen LogP contribution in [-0.2, 0) is 4.74 Å². The molecule has 2 aromatic carbocycles. The van der Waals surface area contributed by atoms with Crippen LogP contribution in [0.5, 0.6) is 5.75 Å². The molecule has 0 aliphatic heterocycles. The second-order valence-corrected chi connectivity index (χ2v) is 6.47. The van der Waals surface area contributed by atoms with Gasteiger partial charge in [0.05, 0.1) is 12.2 Å². The molecule has 3 nitrogen and oxygen atoms in total. The van der Waals surface area contributed by atoms with Crippen LogP contribution < -0.4 is 4.74 Å². The van der Waals surface area contributed by atoms with Crippen LogP contribution in [0.3, 0.4) is 0 Å². The number of ether oxygens (including phenoxy) is 2. The van der Waals surface area contributed by atoms with Gasteiger partial charge in [0, 0.05) is 5.56 Å². The fourth-order valence-corrected chi connectivity index (χ4v) is 2.31. The molecule has 3 heteroatoms. The molecule has 0 aliphatic carbocycles. The molecule has 0 fully saturated rings. The van der Waals surface area contributed by atoms with Gasteiger partial charge in [-0.1, -0.05) is 30.9 Å². The zero-order valence-electron chi connectivity index (χ0n) is 14.8. The monoisotopic (exact) mass is 324 g/mol. The summed E-state index contributed by atoms with van der Waals surface area (Å²) >= 11 is 0. The minimum absolute atomic E-state index is 0.312. The van der Waals surface area contributed by atoms with E-state index in [1.807, 2.05) is 58.0 Å². The zero-order valence-corrected chi connectivity index (χ0v) is 14.8. The van der Waals surface area contributed by atoms with Crippen molar-refractivity contribution in [3.63, 3.8) is 0 Å². The highest BCUT2D eigenvalue weighted by atomic mass is 16.6. The third kappa shape index (κ3) is 4.48. The molecule has 0 radical (unpaired) electrons. The van der Waals surface area contributed by atoms with Crippen molar-refractivity contribution in [1.29, 1.82) is 0 Å². The van der Waals surface area contributed by atoms with E-state index in [1.54, 1.807) is 18.2 Å². The van der Waals surface area contributed by atoms with Gasteiger partial charge in [0.15, 0.2) is 0 Å². The third-order valence-electron chi connectivity index (χ3n) is 3.38. The maximum Gasteiger partial charge on any atom is 0.338 e. The molecule has 2 rings (SSSR count). The molecule has 0 unspecified atom stereocenters. The molecular weight excluding hydrogens is 300 g/mol. The lowest BCUT2D eigenvalue weighted by molar-refractivity contribution is 0.00696. The van der Waals surface area contributed by atoms with Crippen LogP contribution >= 0.6 is 0 Å². The fraction of sp³-hybridized carbons (Fsp3) is 0.286. The Labute approximate surface area is 143 Å². The molecule has 0 atom stereocenters. The Morgan fingerprint density at radius 3 is 2.25 bits per heavy atom. The van der Waals surface area contributed by atoms with Crippen LogP contribution in [0.15, 0.2) is 49.0 Å². The summed E-state index contributed by atoms with van der Waals surface area (Å²) < 4.78 is 11.0. The fourth-order valence-electron chi connectivity index (χ4n) is 2.31. The summed E-state index contributed by atoms with van der Waals surface area (Å²) in [4.78, 5) is 12.1. The molecule has 24 heavy (non-hydrogen) atoms. The van der Waals surface area contributed by atoms with E-state index in [9.17, 15) is 4.79 Å². The van der Waals surface area contributed by atoms with Crippen LogP contribution in [0.4, 0.5) is 0 Å². The molecule has 0 heterocycles. The first-order valence-electron chi connectivity index (χ1n) is 8.07. The minimum atomic E-state index is -0.496. The van der Waals surface area contributed by atoms with Gasteiger partial charge in [-0.3, -0.25) is 0 Å². The predicted molar refractivity (Wildman–Crippen MR) is 98.3 cm³/mol. The van der Waals surface area contributed by atoms with Crippen LogP contribution in [0.1, 0.15) is 43.6 Å². The van der Waals surface area contributed by atoms with Gasteiger partial charge in [0.25, 0.3) is 0 Å². The Morgan fingerprint density at radius 1 is 1.08 bits per heavy atom. The standard InChI is InChI=1S/C21H24O3/c1-6-15-14-18(12-13-19(15)23-7-2)16-8-10-17(11-9-16)20(22)24-21(3,4)5/h6,8-14H,1,7H2,2-5H3. The lowest BCUT2D eigenvalue weighted by Crippen LogP contribution is -2.23. The molecule has 2 aromatic rings. The molecule has 0 saturated heterocycles. The smallest absolute Gasteiger partial charge is 0.338 e. The van der Waals surface area contributed by atoms with Gasteiger partial charge in [-0.25, -0.2) is 4.79 Å². The lowest BCUT2D eigenvalue weighted by Gasteiger charge is -2.19. The molecule has 0 N–H and O–H groups in total. The number of carbonyl (C=O) groups excluding carboxylic acids is 1. The van der Waals surface area contributed by atoms with Crippen LogP contribution in [0.25, 0.3) is 17.2 Å². The molecular formula is C21H24O3. The Morgan fingerprint density at radius 2 is 1.71 bits per heavy atom. The summed E-state index contributed by atoms with van der Waals surface area (Å²) in [5, 5.41) is 0. The van der Waals surface area contributed by atoms with E-state index in [1.165, 1.54) is 0 Å². The lowest BCUT2D eigenvalue weighted by atomic mass is 10.0. The maximum atomic E-state index is 12.1. The normalized spacial score (nSPS) is 11.0. The molecule has 0 amide bonds. The first kappa shape index (κ1) is 17.8. The van der Waals surface area contributed by atoms with Gasteiger partial charge in [-0.05, 0) is 63.1 Å². The molecule has 0 aromatic heterocycles. The average molecular weight is 324 g/mol. The predicted octanol–water partition coefficient (Wildman–Crippen LogP) is 5.35. The largest absolute Gasteiger partial charge is 0.493 e. The van der Waals surface area contributed by atoms with Crippen LogP contribution in [-0.4, -0.2) is 18.2 Å². The molecule has 0 spiro atoms. The van der Waals surface area contributed by atoms with Crippen LogP contribution in [0, 0.1) is 0 Å². The number of carbonyl (C=O) groups is 1. The van der Waals surface area contributed by atoms with Crippen molar-refractivity contribution in [3.05, 3.63) is 60.2 Å². The Bertz CT molecular complexity index is 722. The quantitative estimate of drug-likeness (QED) is 0.695. The van der Waals surface area contributed by atoms with Crippen molar-refractivity contribution in [2.45, 2.75) is 33.3 Å². The van der Waals surface area contributed by atoms with Gasteiger partial charge in [-0.15, -0.1) is 0 Å². The number of benzene rings is 2. The summed E-state index contributed by atoms with van der Waals surface area (Å²) in [7, 11) is 0. The number of rotatable bonds is 5. The van der Waals surface area contributed by atoms with Gasteiger partial charge in [-0.2, -0.15) is 0 Å².